The third-order valence-corrected chi connectivity index (χ3v) is 16.0. The Kier molecular flexibility index (Phi) is 8.92. The summed E-state index contributed by atoms with van der Waals surface area (Å²) in [7, 11) is -0.812. The van der Waals surface area contributed by atoms with Gasteiger partial charge < -0.3 is 29.3 Å². The number of methoxy groups -OCH3 is 1. The highest BCUT2D eigenvalue weighted by molar-refractivity contribution is 6.91. The molecule has 0 aliphatic carbocycles. The van der Waals surface area contributed by atoms with Crippen LogP contribution < -0.4 is 19.7 Å². The molecule has 0 aromatic heterocycles. The van der Waals surface area contributed by atoms with E-state index in [2.05, 4.69) is 32.2 Å². The number of anilines is 2. The number of likely N-dealkylation sites (tertiary alicyclic amines) is 1. The van der Waals surface area contributed by atoms with Crippen molar-refractivity contribution in [3.05, 3.63) is 83.9 Å². The van der Waals surface area contributed by atoms with Gasteiger partial charge in [0.05, 0.1) is 52.6 Å². The SMILES string of the molecule is COc1ccc([Si](C)(C)[C@H]2[C@H](CC(=O)N3CCC[C@H]3CO)O[C@@]3(C(=O)N(Cc4ccccc4)c4ccc(N5CCCC5=O)cc43)[C@@H]2C)cc1. The van der Waals surface area contributed by atoms with Crippen LogP contribution in [0.15, 0.2) is 72.8 Å². The van der Waals surface area contributed by atoms with Crippen LogP contribution in [-0.4, -0.2) is 74.8 Å². The molecule has 0 saturated carbocycles. The first-order valence-electron chi connectivity index (χ1n) is 17.6. The molecule has 4 aliphatic heterocycles. The fraction of sp³-hybridized carbons (Fsp3) is 0.462. The first-order valence-corrected chi connectivity index (χ1v) is 20.7. The number of aliphatic hydroxyl groups is 1. The Morgan fingerprint density at radius 1 is 1.02 bits per heavy atom. The molecular weight excluding hydrogens is 635 g/mol. The van der Waals surface area contributed by atoms with Crippen molar-refractivity contribution in [1.29, 1.82) is 0 Å². The number of carbonyl (C=O) groups is 3. The molecule has 0 unspecified atom stereocenters. The maximum atomic E-state index is 15.2. The van der Waals surface area contributed by atoms with Gasteiger partial charge in [0.2, 0.25) is 11.8 Å². The highest BCUT2D eigenvalue weighted by Gasteiger charge is 2.66. The van der Waals surface area contributed by atoms with E-state index >= 15 is 4.79 Å². The maximum absolute atomic E-state index is 15.2. The number of benzene rings is 3. The molecule has 4 aliphatic rings. The zero-order chi connectivity index (χ0) is 34.5. The highest BCUT2D eigenvalue weighted by atomic mass is 28.3. The van der Waals surface area contributed by atoms with Gasteiger partial charge in [-0.2, -0.15) is 0 Å². The third-order valence-electron chi connectivity index (χ3n) is 11.7. The van der Waals surface area contributed by atoms with E-state index in [-0.39, 0.29) is 48.3 Å². The van der Waals surface area contributed by atoms with Gasteiger partial charge in [0.25, 0.3) is 5.91 Å². The van der Waals surface area contributed by atoms with E-state index in [0.717, 1.165) is 47.5 Å². The van der Waals surface area contributed by atoms with Crippen LogP contribution in [0.25, 0.3) is 0 Å². The standard InChI is InChI=1S/C39H47N3O6Si/c1-26-37(49(3,4)31-17-15-30(47-2)16-18-31)34(23-36(45)41-20-8-12-29(41)25-43)48-39(26)32-22-28(40-21-9-13-35(40)44)14-19-33(32)42(38(39)46)24-27-10-6-5-7-11-27/h5-7,10-11,14-19,22,26,29,34,37,43H,8-9,12-13,20-21,23-25H2,1-4H3/t26-,29+,34+,37-,39+/m1/s1. The summed E-state index contributed by atoms with van der Waals surface area (Å²) in [5.74, 6) is 0.407. The van der Waals surface area contributed by atoms with E-state index in [4.69, 9.17) is 9.47 Å². The molecule has 0 bridgehead atoms. The Bertz CT molecular complexity index is 1730. The number of rotatable bonds is 9. The minimum absolute atomic E-state index is 0.0430. The molecule has 1 spiro atoms. The Hall–Kier alpha value is -3.99. The first-order chi connectivity index (χ1) is 23.6. The number of carbonyl (C=O) groups excluding carboxylic acids is 3. The van der Waals surface area contributed by atoms with Crippen molar-refractivity contribution in [2.45, 2.75) is 82.0 Å². The molecule has 3 saturated heterocycles. The van der Waals surface area contributed by atoms with E-state index in [1.807, 2.05) is 70.5 Å². The highest BCUT2D eigenvalue weighted by Crippen LogP contribution is 2.60. The minimum atomic E-state index is -2.47. The summed E-state index contributed by atoms with van der Waals surface area (Å²) < 4.78 is 12.7. The third kappa shape index (κ3) is 5.58. The molecular formula is C39H47N3O6Si. The van der Waals surface area contributed by atoms with Crippen molar-refractivity contribution >= 4 is 42.4 Å². The summed E-state index contributed by atoms with van der Waals surface area (Å²) in [4.78, 5) is 47.6. The second-order valence-corrected chi connectivity index (χ2v) is 19.3. The van der Waals surface area contributed by atoms with Crippen molar-refractivity contribution in [2.75, 3.05) is 36.6 Å². The van der Waals surface area contributed by atoms with Gasteiger partial charge in [-0.15, -0.1) is 0 Å². The average Bonchev–Trinajstić information content (AvgIpc) is 3.88. The Balaban J connectivity index is 1.35. The van der Waals surface area contributed by atoms with Crippen LogP contribution in [0.5, 0.6) is 5.75 Å². The van der Waals surface area contributed by atoms with Crippen LogP contribution >= 0.6 is 0 Å². The lowest BCUT2D eigenvalue weighted by molar-refractivity contribution is -0.150. The van der Waals surface area contributed by atoms with Crippen molar-refractivity contribution in [3.8, 4) is 5.75 Å². The molecule has 49 heavy (non-hydrogen) atoms. The van der Waals surface area contributed by atoms with Crippen LogP contribution in [0.4, 0.5) is 11.4 Å². The van der Waals surface area contributed by atoms with Crippen LogP contribution in [0.3, 0.4) is 0 Å². The fourth-order valence-corrected chi connectivity index (χ4v) is 13.2. The van der Waals surface area contributed by atoms with Gasteiger partial charge in [-0.25, -0.2) is 0 Å². The molecule has 3 aromatic rings. The topological polar surface area (TPSA) is 99.6 Å². The van der Waals surface area contributed by atoms with Gasteiger partial charge in [0.15, 0.2) is 5.60 Å². The van der Waals surface area contributed by atoms with E-state index in [0.29, 0.717) is 26.1 Å². The normalized spacial score (nSPS) is 26.7. The minimum Gasteiger partial charge on any atom is -0.497 e. The van der Waals surface area contributed by atoms with Gasteiger partial charge in [0.1, 0.15) is 5.75 Å². The van der Waals surface area contributed by atoms with Crippen LogP contribution in [0.2, 0.25) is 18.6 Å². The smallest absolute Gasteiger partial charge is 0.264 e. The molecule has 3 aromatic carbocycles. The largest absolute Gasteiger partial charge is 0.497 e. The monoisotopic (exact) mass is 681 g/mol. The lowest BCUT2D eigenvalue weighted by Crippen LogP contribution is -2.52. The number of hydrogen-bond donors (Lipinski definition) is 1. The van der Waals surface area contributed by atoms with Gasteiger partial charge in [-0.3, -0.25) is 14.4 Å². The summed E-state index contributed by atoms with van der Waals surface area (Å²) in [5, 5.41) is 11.2. The lowest BCUT2D eigenvalue weighted by atomic mass is 9.82. The summed E-state index contributed by atoms with van der Waals surface area (Å²) >= 11 is 0. The molecule has 0 radical (unpaired) electrons. The Morgan fingerprint density at radius 2 is 1.78 bits per heavy atom. The average molecular weight is 682 g/mol. The molecule has 10 heteroatoms. The van der Waals surface area contributed by atoms with Gasteiger partial charge in [0, 0.05) is 36.7 Å². The van der Waals surface area contributed by atoms with E-state index in [9.17, 15) is 14.7 Å². The number of hydrogen-bond acceptors (Lipinski definition) is 6. The van der Waals surface area contributed by atoms with Gasteiger partial charge in [-0.1, -0.05) is 67.7 Å². The number of amides is 3. The molecule has 1 N–H and O–H groups in total. The van der Waals surface area contributed by atoms with E-state index in [1.165, 1.54) is 5.19 Å². The zero-order valence-electron chi connectivity index (χ0n) is 28.9. The van der Waals surface area contributed by atoms with Crippen molar-refractivity contribution in [3.63, 3.8) is 0 Å². The number of aliphatic hydroxyl groups excluding tert-OH is 1. The number of ether oxygens (including phenoxy) is 2. The molecule has 7 rings (SSSR count). The van der Waals surface area contributed by atoms with Gasteiger partial charge >= 0.3 is 0 Å². The molecule has 258 valence electrons. The zero-order valence-corrected chi connectivity index (χ0v) is 29.9. The lowest BCUT2D eigenvalue weighted by Gasteiger charge is -2.37. The maximum Gasteiger partial charge on any atom is 0.264 e. The molecule has 3 amide bonds. The molecule has 4 heterocycles. The summed E-state index contributed by atoms with van der Waals surface area (Å²) in [6, 6.07) is 23.9. The molecule has 9 nitrogen and oxygen atoms in total. The first kappa shape index (κ1) is 33.5. The predicted molar refractivity (Wildman–Crippen MR) is 192 cm³/mol. The Morgan fingerprint density at radius 3 is 2.45 bits per heavy atom. The second-order valence-electron chi connectivity index (χ2n) is 14.7. The van der Waals surface area contributed by atoms with Crippen molar-refractivity contribution < 1.29 is 29.0 Å². The van der Waals surface area contributed by atoms with E-state index in [1.54, 1.807) is 12.0 Å². The number of nitrogens with zero attached hydrogens (tertiary/aromatic N) is 3. The van der Waals surface area contributed by atoms with Crippen LogP contribution in [0, 0.1) is 5.92 Å². The van der Waals surface area contributed by atoms with Crippen molar-refractivity contribution in [1.82, 2.24) is 4.90 Å². The summed E-state index contributed by atoms with van der Waals surface area (Å²) in [6.45, 7) is 8.31. The Labute approximate surface area is 289 Å². The van der Waals surface area contributed by atoms with Gasteiger partial charge in [-0.05, 0) is 60.7 Å². The molecule has 5 atom stereocenters. The van der Waals surface area contributed by atoms with Crippen molar-refractivity contribution in [2.24, 2.45) is 5.92 Å². The second kappa shape index (κ2) is 13.0. The summed E-state index contributed by atoms with van der Waals surface area (Å²) in [5.41, 5.74) is 1.89. The number of fused-ring (bicyclic) bond motifs is 2. The quantitative estimate of drug-likeness (QED) is 0.321. The molecule has 3 fully saturated rings. The van der Waals surface area contributed by atoms with Crippen LogP contribution in [-0.2, 0) is 31.3 Å². The summed E-state index contributed by atoms with van der Waals surface area (Å²) in [6.07, 6.45) is 2.54. The fourth-order valence-electron chi connectivity index (χ4n) is 9.16. The van der Waals surface area contributed by atoms with E-state index < -0.39 is 19.8 Å². The predicted octanol–water partition coefficient (Wildman–Crippen LogP) is 4.96. The van der Waals surface area contributed by atoms with Crippen LogP contribution in [0.1, 0.15) is 50.2 Å².